The van der Waals surface area contributed by atoms with Crippen molar-refractivity contribution in [3.8, 4) is 0 Å². The number of nitrogens with zero attached hydrogens (tertiary/aromatic N) is 1. The van der Waals surface area contributed by atoms with Crippen LogP contribution in [0, 0.1) is 5.41 Å². The minimum Gasteiger partial charge on any atom is -0.460 e. The number of ether oxygens (including phenoxy) is 5. The van der Waals surface area contributed by atoms with Crippen LogP contribution in [0.1, 0.15) is 68.7 Å². The number of amides is 2. The van der Waals surface area contributed by atoms with Gasteiger partial charge in [-0.3, -0.25) is 24.0 Å². The number of hydrogen-bond acceptors (Lipinski definition) is 13. The van der Waals surface area contributed by atoms with Gasteiger partial charge in [0.15, 0.2) is 18.4 Å². The number of hydrogen-bond donors (Lipinski definition) is 3. The fourth-order valence-electron chi connectivity index (χ4n) is 8.75. The number of carbonyl (C=O) groups excluding carboxylic acids is 5. The van der Waals surface area contributed by atoms with E-state index in [0.29, 0.717) is 24.0 Å². The highest BCUT2D eigenvalue weighted by Crippen LogP contribution is 2.58. The fourth-order valence-corrected chi connectivity index (χ4v) is 8.75. The molecule has 3 heterocycles. The van der Waals surface area contributed by atoms with Gasteiger partial charge < -0.3 is 39.4 Å². The van der Waals surface area contributed by atoms with Crippen LogP contribution in [0.15, 0.2) is 54.6 Å². The summed E-state index contributed by atoms with van der Waals surface area (Å²) in [4.78, 5) is 72.3. The molecule has 2 aromatic carbocycles. The maximum absolute atomic E-state index is 14.6. The lowest BCUT2D eigenvalue weighted by molar-refractivity contribution is -0.217. The first-order chi connectivity index (χ1) is 28.4. The average Bonchev–Trinajstić information content (AvgIpc) is 3.85. The van der Waals surface area contributed by atoms with E-state index in [9.17, 15) is 42.3 Å². The molecule has 7 atom stereocenters. The number of carbonyl (C=O) groups is 5. The lowest BCUT2D eigenvalue weighted by Gasteiger charge is -2.48. The van der Waals surface area contributed by atoms with Gasteiger partial charge in [0.1, 0.15) is 35.4 Å². The average molecular weight is 844 g/mol. The van der Waals surface area contributed by atoms with Gasteiger partial charge in [-0.05, 0) is 55.5 Å². The van der Waals surface area contributed by atoms with Crippen molar-refractivity contribution in [2.75, 3.05) is 19.8 Å². The van der Waals surface area contributed by atoms with Gasteiger partial charge in [-0.15, -0.1) is 0 Å². The smallest absolute Gasteiger partial charge is 0.422 e. The second-order valence-corrected chi connectivity index (χ2v) is 16.8. The Morgan fingerprint density at radius 3 is 2.42 bits per heavy atom. The summed E-state index contributed by atoms with van der Waals surface area (Å²) in [5.41, 5.74) is 0.855. The highest BCUT2D eigenvalue weighted by Gasteiger charge is 2.76. The van der Waals surface area contributed by atoms with Crippen LogP contribution in [0.25, 0.3) is 6.08 Å². The van der Waals surface area contributed by atoms with Crippen molar-refractivity contribution in [1.29, 1.82) is 0 Å². The molecule has 0 unspecified atom stereocenters. The summed E-state index contributed by atoms with van der Waals surface area (Å²) in [5, 5.41) is 16.7. The van der Waals surface area contributed by atoms with Gasteiger partial charge in [0.25, 0.3) is 0 Å². The van der Waals surface area contributed by atoms with Crippen LogP contribution in [-0.2, 0) is 71.9 Å². The molecule has 1 saturated carbocycles. The minimum atomic E-state index is -4.67. The Bertz CT molecular complexity index is 2000. The van der Waals surface area contributed by atoms with Crippen LogP contribution in [-0.4, -0.2) is 114 Å². The number of fused-ring (bicyclic) bond motifs is 5. The molecule has 18 heteroatoms. The molecule has 7 rings (SSSR count). The molecule has 5 aliphatic rings. The Hall–Kier alpha value is -4.88. The number of benzene rings is 2. The lowest BCUT2D eigenvalue weighted by atomic mass is 9.62. The number of nitrogens with one attached hydrogen (secondary N) is 2. The van der Waals surface area contributed by atoms with E-state index in [0.717, 1.165) is 17.2 Å². The van der Waals surface area contributed by atoms with E-state index < -0.39 is 102 Å². The van der Waals surface area contributed by atoms with Crippen molar-refractivity contribution in [2.24, 2.45) is 5.41 Å². The fraction of sp³-hybridized carbons (Fsp3) is 0.548. The quantitative estimate of drug-likeness (QED) is 0.143. The number of hydroxylamine groups is 2. The van der Waals surface area contributed by atoms with E-state index in [4.69, 9.17) is 23.8 Å². The summed E-state index contributed by atoms with van der Waals surface area (Å²) in [6.45, 7) is 2.86. The molecular weight excluding hydrogens is 795 g/mol. The molecule has 3 saturated heterocycles. The number of alkyl halides is 3. The molecule has 0 aromatic heterocycles. The van der Waals surface area contributed by atoms with Crippen molar-refractivity contribution in [2.45, 2.75) is 120 Å². The van der Waals surface area contributed by atoms with E-state index in [2.05, 4.69) is 15.4 Å². The minimum absolute atomic E-state index is 0.0240. The predicted octanol–water partition coefficient (Wildman–Crippen LogP) is 2.99. The number of rotatable bonds is 14. The molecule has 4 fully saturated rings. The molecule has 0 radical (unpaired) electrons. The summed E-state index contributed by atoms with van der Waals surface area (Å²) in [7, 11) is 0. The lowest BCUT2D eigenvalue weighted by Crippen LogP contribution is -2.69. The Morgan fingerprint density at radius 1 is 1.02 bits per heavy atom. The maximum Gasteiger partial charge on any atom is 0.422 e. The number of aliphatic hydroxyl groups excluding tert-OH is 1. The topological polar surface area (TPSA) is 188 Å². The van der Waals surface area contributed by atoms with Gasteiger partial charge in [0, 0.05) is 44.7 Å². The zero-order valence-electron chi connectivity index (χ0n) is 33.3. The van der Waals surface area contributed by atoms with E-state index in [1.54, 1.807) is 45.0 Å². The molecule has 15 nitrogen and oxygen atoms in total. The number of aliphatic hydroxyl groups is 1. The van der Waals surface area contributed by atoms with E-state index in [1.165, 1.54) is 11.1 Å². The van der Waals surface area contributed by atoms with Crippen LogP contribution >= 0.6 is 0 Å². The first-order valence-corrected chi connectivity index (χ1v) is 19.8. The standard InChI is InChI=1S/C42H48F3N3O12/c1-39(2,3)57-32(52)14-12-28(22-49)47-30(50)15-16-46-38(54)41-20-29-33-34(59-40(58-33)18-26-9-4-5-10-27(26)19-40)36(41)60-48(35(41)37(53)56-29)21-25-8-6-7-24(17-25)11-13-31(51)55-23-42(43,44)45/h4-11,13,17,28-29,33-36,49H,12,14-16,18-23H2,1-3H3,(H,46,54)(H,47,50)/t28-,29+,33-,34-,35-,36+,41-/m0/s1. The van der Waals surface area contributed by atoms with E-state index >= 15 is 0 Å². The summed E-state index contributed by atoms with van der Waals surface area (Å²) < 4.78 is 66.5. The second-order valence-electron chi connectivity index (χ2n) is 16.8. The summed E-state index contributed by atoms with van der Waals surface area (Å²) in [6.07, 6.45) is -5.21. The monoisotopic (exact) mass is 843 g/mol. The van der Waals surface area contributed by atoms with Crippen molar-refractivity contribution in [1.82, 2.24) is 15.7 Å². The summed E-state index contributed by atoms with van der Waals surface area (Å²) in [6, 6.07) is 12.4. The van der Waals surface area contributed by atoms with Crippen LogP contribution in [0.4, 0.5) is 13.2 Å². The molecular formula is C42H48F3N3O12. The van der Waals surface area contributed by atoms with E-state index in [-0.39, 0.29) is 38.8 Å². The van der Waals surface area contributed by atoms with Gasteiger partial charge >= 0.3 is 24.1 Å². The Balaban J connectivity index is 1.08. The summed E-state index contributed by atoms with van der Waals surface area (Å²) >= 11 is 0. The highest BCUT2D eigenvalue weighted by atomic mass is 19.4. The first-order valence-electron chi connectivity index (χ1n) is 19.8. The van der Waals surface area contributed by atoms with Gasteiger partial charge in [0.05, 0.1) is 19.2 Å². The molecule has 2 bridgehead atoms. The Morgan fingerprint density at radius 2 is 1.73 bits per heavy atom. The van der Waals surface area contributed by atoms with E-state index in [1.807, 2.05) is 24.3 Å². The molecule has 324 valence electrons. The third kappa shape index (κ3) is 9.37. The van der Waals surface area contributed by atoms with Gasteiger partial charge in [0.2, 0.25) is 11.8 Å². The number of esters is 3. The molecule has 60 heavy (non-hydrogen) atoms. The molecule has 2 aromatic rings. The van der Waals surface area contributed by atoms with Crippen LogP contribution in [0.2, 0.25) is 0 Å². The van der Waals surface area contributed by atoms with Crippen LogP contribution in [0.5, 0.6) is 0 Å². The molecule has 3 N–H and O–H groups in total. The third-order valence-corrected chi connectivity index (χ3v) is 11.1. The molecule has 1 spiro atoms. The van der Waals surface area contributed by atoms with Crippen molar-refractivity contribution >= 4 is 35.8 Å². The number of halogens is 3. The molecule has 2 aliphatic carbocycles. The normalized spacial score (nSPS) is 26.9. The van der Waals surface area contributed by atoms with Crippen LogP contribution < -0.4 is 10.6 Å². The second kappa shape index (κ2) is 16.9. The highest BCUT2D eigenvalue weighted by molar-refractivity contribution is 5.94. The van der Waals surface area contributed by atoms with Crippen molar-refractivity contribution in [3.63, 3.8) is 0 Å². The first kappa shape index (κ1) is 43.2. The largest absolute Gasteiger partial charge is 0.460 e. The van der Waals surface area contributed by atoms with Crippen LogP contribution in [0.3, 0.4) is 0 Å². The van der Waals surface area contributed by atoms with Gasteiger partial charge in [-0.2, -0.15) is 18.2 Å². The Kier molecular flexibility index (Phi) is 12.2. The van der Waals surface area contributed by atoms with Gasteiger partial charge in [-0.25, -0.2) is 4.79 Å². The Labute approximate surface area is 343 Å². The van der Waals surface area contributed by atoms with Gasteiger partial charge in [-0.1, -0.05) is 48.5 Å². The SMILES string of the molecule is CC(C)(C)OC(=O)CC[C@@H](CO)NC(=O)CCNC(=O)[C@@]12C[C@H]3OC(=O)[C@@H]1N(Cc1cccc(C=CC(=O)OCC(F)(F)F)c1)O[C@@H]2[C@H]1OC2(Cc4ccccc4C2)O[C@H]13. The maximum atomic E-state index is 14.6. The molecule has 2 amide bonds. The zero-order chi connectivity index (χ0) is 43.0. The predicted molar refractivity (Wildman–Crippen MR) is 202 cm³/mol. The third-order valence-electron chi connectivity index (χ3n) is 11.1. The van der Waals surface area contributed by atoms with Crippen molar-refractivity contribution in [3.05, 3.63) is 76.9 Å². The summed E-state index contributed by atoms with van der Waals surface area (Å²) in [5.74, 6) is -4.51. The molecule has 3 aliphatic heterocycles. The zero-order valence-corrected chi connectivity index (χ0v) is 33.3. The van der Waals surface area contributed by atoms with Crippen molar-refractivity contribution < 1.29 is 70.8 Å².